The Kier molecular flexibility index (Phi) is 5.06. The first kappa shape index (κ1) is 16.1. The summed E-state index contributed by atoms with van der Waals surface area (Å²) in [5.74, 6) is 2.24. The average Bonchev–Trinajstić information content (AvgIpc) is 2.73. The number of hydrogen-bond acceptors (Lipinski definition) is 4. The number of carbonyl (C=O) groups excluding carboxylic acids is 1. The molecule has 5 nitrogen and oxygen atoms in total. The second-order valence-electron chi connectivity index (χ2n) is 6.45. The van der Waals surface area contributed by atoms with Gasteiger partial charge in [-0.25, -0.2) is 0 Å². The zero-order chi connectivity index (χ0) is 16.2. The molecule has 0 spiro atoms. The maximum absolute atomic E-state index is 12.6. The van der Waals surface area contributed by atoms with Gasteiger partial charge in [0.25, 0.3) is 0 Å². The van der Waals surface area contributed by atoms with Gasteiger partial charge in [0.05, 0.1) is 20.6 Å². The third-order valence-corrected chi connectivity index (χ3v) is 4.93. The van der Waals surface area contributed by atoms with Crippen LogP contribution in [0.25, 0.3) is 0 Å². The number of fused-ring (bicyclic) bond motifs is 1. The van der Waals surface area contributed by atoms with Gasteiger partial charge >= 0.3 is 0 Å². The number of ether oxygens (including phenoxy) is 2. The van der Waals surface area contributed by atoms with Crippen LogP contribution in [-0.2, 0) is 17.6 Å². The molecule has 1 N–H and O–H groups in total. The minimum Gasteiger partial charge on any atom is -0.493 e. The standard InChI is InChI=1S/C18H26N2O3/c1-22-16-8-14-5-7-20(12-13-4-3-6-19-11-13)18(21)10-15(14)9-17(16)23-2/h8-9,13,19H,3-7,10-12H2,1-2H3. The number of benzene rings is 1. The first-order valence-corrected chi connectivity index (χ1v) is 8.43. The van der Waals surface area contributed by atoms with E-state index < -0.39 is 0 Å². The molecule has 2 aliphatic heterocycles. The molecule has 5 heteroatoms. The van der Waals surface area contributed by atoms with Gasteiger partial charge in [-0.2, -0.15) is 0 Å². The number of carbonyl (C=O) groups is 1. The Balaban J connectivity index is 1.74. The molecule has 1 amide bonds. The summed E-state index contributed by atoms with van der Waals surface area (Å²) in [7, 11) is 3.28. The molecule has 1 aromatic carbocycles. The van der Waals surface area contributed by atoms with Gasteiger partial charge in [0.1, 0.15) is 0 Å². The van der Waals surface area contributed by atoms with Crippen molar-refractivity contribution >= 4 is 5.91 Å². The Morgan fingerprint density at radius 2 is 1.96 bits per heavy atom. The molecule has 1 saturated heterocycles. The topological polar surface area (TPSA) is 50.8 Å². The van der Waals surface area contributed by atoms with Crippen LogP contribution in [0.4, 0.5) is 0 Å². The quantitative estimate of drug-likeness (QED) is 0.917. The first-order chi connectivity index (χ1) is 11.2. The summed E-state index contributed by atoms with van der Waals surface area (Å²) >= 11 is 0. The highest BCUT2D eigenvalue weighted by molar-refractivity contribution is 5.80. The van der Waals surface area contributed by atoms with Crippen molar-refractivity contribution in [3.63, 3.8) is 0 Å². The third kappa shape index (κ3) is 3.61. The molecule has 0 aliphatic carbocycles. The summed E-state index contributed by atoms with van der Waals surface area (Å²) in [6.07, 6.45) is 3.75. The highest BCUT2D eigenvalue weighted by Gasteiger charge is 2.25. The number of nitrogens with zero attached hydrogens (tertiary/aromatic N) is 1. The summed E-state index contributed by atoms with van der Waals surface area (Å²) in [6, 6.07) is 3.98. The molecule has 2 heterocycles. The van der Waals surface area contributed by atoms with E-state index in [1.54, 1.807) is 14.2 Å². The third-order valence-electron chi connectivity index (χ3n) is 4.93. The van der Waals surface area contributed by atoms with Gasteiger partial charge in [0.15, 0.2) is 11.5 Å². The molecule has 2 aliphatic rings. The number of amides is 1. The fourth-order valence-electron chi connectivity index (χ4n) is 3.60. The lowest BCUT2D eigenvalue weighted by atomic mass is 9.99. The van der Waals surface area contributed by atoms with Crippen LogP contribution in [0.3, 0.4) is 0 Å². The maximum Gasteiger partial charge on any atom is 0.227 e. The minimum atomic E-state index is 0.224. The highest BCUT2D eigenvalue weighted by Crippen LogP contribution is 2.32. The van der Waals surface area contributed by atoms with Crippen LogP contribution in [0.2, 0.25) is 0 Å². The van der Waals surface area contributed by atoms with Gasteiger partial charge < -0.3 is 19.7 Å². The summed E-state index contributed by atoms with van der Waals surface area (Å²) in [5, 5.41) is 3.43. The zero-order valence-electron chi connectivity index (χ0n) is 14.1. The van der Waals surface area contributed by atoms with Crippen LogP contribution in [0.5, 0.6) is 11.5 Å². The second kappa shape index (κ2) is 7.21. The molecular weight excluding hydrogens is 292 g/mol. The number of methoxy groups -OCH3 is 2. The second-order valence-corrected chi connectivity index (χ2v) is 6.45. The molecule has 23 heavy (non-hydrogen) atoms. The van der Waals surface area contributed by atoms with Crippen LogP contribution in [0.15, 0.2) is 12.1 Å². The number of rotatable bonds is 4. The Labute approximate surface area is 137 Å². The van der Waals surface area contributed by atoms with E-state index in [2.05, 4.69) is 5.32 Å². The van der Waals surface area contributed by atoms with Crippen molar-refractivity contribution in [1.29, 1.82) is 0 Å². The van der Waals surface area contributed by atoms with E-state index in [0.29, 0.717) is 18.1 Å². The number of hydrogen-bond donors (Lipinski definition) is 1. The molecule has 126 valence electrons. The normalized spacial score (nSPS) is 21.6. The van der Waals surface area contributed by atoms with Gasteiger partial charge in [0, 0.05) is 13.1 Å². The Hall–Kier alpha value is -1.75. The van der Waals surface area contributed by atoms with E-state index in [0.717, 1.165) is 43.9 Å². The fourth-order valence-corrected chi connectivity index (χ4v) is 3.60. The minimum absolute atomic E-state index is 0.224. The van der Waals surface area contributed by atoms with Crippen molar-refractivity contribution in [3.05, 3.63) is 23.3 Å². The van der Waals surface area contributed by atoms with E-state index in [9.17, 15) is 4.79 Å². The zero-order valence-corrected chi connectivity index (χ0v) is 14.1. The monoisotopic (exact) mass is 318 g/mol. The summed E-state index contributed by atoms with van der Waals surface area (Å²) < 4.78 is 10.8. The van der Waals surface area contributed by atoms with Crippen LogP contribution in [0.1, 0.15) is 24.0 Å². The summed E-state index contributed by atoms with van der Waals surface area (Å²) in [5.41, 5.74) is 2.26. The van der Waals surface area contributed by atoms with Gasteiger partial charge in [-0.05, 0) is 61.5 Å². The lowest BCUT2D eigenvalue weighted by molar-refractivity contribution is -0.130. The Morgan fingerprint density at radius 3 is 2.61 bits per heavy atom. The fraction of sp³-hybridized carbons (Fsp3) is 0.611. The summed E-state index contributed by atoms with van der Waals surface area (Å²) in [6.45, 7) is 3.79. The lowest BCUT2D eigenvalue weighted by Gasteiger charge is -2.29. The highest BCUT2D eigenvalue weighted by atomic mass is 16.5. The predicted molar refractivity (Wildman–Crippen MR) is 89.1 cm³/mol. The molecule has 1 aromatic rings. The Morgan fingerprint density at radius 1 is 1.22 bits per heavy atom. The molecule has 0 bridgehead atoms. The average molecular weight is 318 g/mol. The van der Waals surface area contributed by atoms with Crippen LogP contribution in [0, 0.1) is 5.92 Å². The van der Waals surface area contributed by atoms with Crippen molar-refractivity contribution in [2.24, 2.45) is 5.92 Å². The molecule has 1 fully saturated rings. The van der Waals surface area contributed by atoms with Crippen LogP contribution in [-0.4, -0.2) is 51.2 Å². The van der Waals surface area contributed by atoms with E-state index in [4.69, 9.17) is 9.47 Å². The predicted octanol–water partition coefficient (Wildman–Crippen LogP) is 1.63. The SMILES string of the molecule is COc1cc2c(cc1OC)CC(=O)N(CC1CCCNC1)CC2. The van der Waals surface area contributed by atoms with Crippen LogP contribution < -0.4 is 14.8 Å². The van der Waals surface area contributed by atoms with Crippen molar-refractivity contribution in [2.75, 3.05) is 40.4 Å². The molecular formula is C18H26N2O3. The van der Waals surface area contributed by atoms with Crippen LogP contribution >= 0.6 is 0 Å². The van der Waals surface area contributed by atoms with E-state index in [-0.39, 0.29) is 5.91 Å². The maximum atomic E-state index is 12.6. The molecule has 0 aromatic heterocycles. The largest absolute Gasteiger partial charge is 0.493 e. The van der Waals surface area contributed by atoms with E-state index >= 15 is 0 Å². The number of nitrogens with one attached hydrogen (secondary N) is 1. The van der Waals surface area contributed by atoms with Gasteiger partial charge in [-0.1, -0.05) is 0 Å². The van der Waals surface area contributed by atoms with Gasteiger partial charge in [-0.3, -0.25) is 4.79 Å². The number of piperidine rings is 1. The van der Waals surface area contributed by atoms with E-state index in [1.165, 1.54) is 18.4 Å². The molecule has 1 atom stereocenters. The van der Waals surface area contributed by atoms with Crippen molar-refractivity contribution in [2.45, 2.75) is 25.7 Å². The Bertz CT molecular complexity index is 568. The van der Waals surface area contributed by atoms with E-state index in [1.807, 2.05) is 17.0 Å². The van der Waals surface area contributed by atoms with Gasteiger partial charge in [0.2, 0.25) is 5.91 Å². The molecule has 0 saturated carbocycles. The lowest BCUT2D eigenvalue weighted by Crippen LogP contribution is -2.41. The molecule has 1 unspecified atom stereocenters. The summed E-state index contributed by atoms with van der Waals surface area (Å²) in [4.78, 5) is 14.7. The molecule has 0 radical (unpaired) electrons. The molecule has 3 rings (SSSR count). The first-order valence-electron chi connectivity index (χ1n) is 8.43. The smallest absolute Gasteiger partial charge is 0.227 e. The van der Waals surface area contributed by atoms with Gasteiger partial charge in [-0.15, -0.1) is 0 Å². The van der Waals surface area contributed by atoms with Crippen molar-refractivity contribution in [3.8, 4) is 11.5 Å². The van der Waals surface area contributed by atoms with Crippen molar-refractivity contribution < 1.29 is 14.3 Å². The van der Waals surface area contributed by atoms with Crippen molar-refractivity contribution in [1.82, 2.24) is 10.2 Å².